The van der Waals surface area contributed by atoms with Crippen molar-refractivity contribution in [1.29, 1.82) is 0 Å². The summed E-state index contributed by atoms with van der Waals surface area (Å²) in [7, 11) is 0. The van der Waals surface area contributed by atoms with E-state index in [9.17, 15) is 4.79 Å². The first kappa shape index (κ1) is 17.4. The minimum atomic E-state index is -0.0637. The molecule has 0 unspecified atom stereocenters. The van der Waals surface area contributed by atoms with Gasteiger partial charge in [0.15, 0.2) is 5.65 Å². The van der Waals surface area contributed by atoms with Crippen molar-refractivity contribution < 1.29 is 0 Å². The molecule has 5 aromatic rings. The van der Waals surface area contributed by atoms with Crippen molar-refractivity contribution in [1.82, 2.24) is 29.1 Å². The van der Waals surface area contributed by atoms with Crippen LogP contribution in [0.5, 0.6) is 0 Å². The maximum atomic E-state index is 13.0. The molecule has 0 saturated heterocycles. The maximum Gasteiger partial charge on any atom is 0.261 e. The van der Waals surface area contributed by atoms with E-state index < -0.39 is 0 Å². The van der Waals surface area contributed by atoms with Crippen LogP contribution in [0.25, 0.3) is 27.7 Å². The first-order valence-electron chi connectivity index (χ1n) is 9.68. The lowest BCUT2D eigenvalue weighted by molar-refractivity contribution is 0.666. The van der Waals surface area contributed by atoms with Crippen LogP contribution in [0.2, 0.25) is 0 Å². The fourth-order valence-electron chi connectivity index (χ4n) is 3.74. The number of aromatic nitrogens is 6. The van der Waals surface area contributed by atoms with Crippen LogP contribution < -0.4 is 5.56 Å². The topological polar surface area (TPSA) is 80.9 Å². The monoisotopic (exact) mass is 384 g/mol. The number of aromatic amines is 1. The van der Waals surface area contributed by atoms with E-state index in [2.05, 4.69) is 34.0 Å². The smallest absolute Gasteiger partial charge is 0.261 e. The number of rotatable bonds is 5. The Kier molecular flexibility index (Phi) is 4.20. The zero-order valence-corrected chi connectivity index (χ0v) is 16.0. The molecule has 1 N–H and O–H groups in total. The van der Waals surface area contributed by atoms with Gasteiger partial charge in [-0.2, -0.15) is 5.10 Å². The van der Waals surface area contributed by atoms with Crippen molar-refractivity contribution in [2.75, 3.05) is 0 Å². The fourth-order valence-corrected chi connectivity index (χ4v) is 3.74. The molecule has 29 heavy (non-hydrogen) atoms. The van der Waals surface area contributed by atoms with Crippen molar-refractivity contribution in [3.05, 3.63) is 83.1 Å². The van der Waals surface area contributed by atoms with Gasteiger partial charge in [-0.15, -0.1) is 0 Å². The highest BCUT2D eigenvalue weighted by Crippen LogP contribution is 2.29. The molecular weight excluding hydrogens is 364 g/mol. The van der Waals surface area contributed by atoms with Gasteiger partial charge in [0, 0.05) is 42.8 Å². The zero-order valence-electron chi connectivity index (χ0n) is 16.0. The summed E-state index contributed by atoms with van der Waals surface area (Å²) in [5.41, 5.74) is 5.56. The average molecular weight is 384 g/mol. The van der Waals surface area contributed by atoms with Gasteiger partial charge in [0.2, 0.25) is 0 Å². The van der Waals surface area contributed by atoms with Crippen molar-refractivity contribution in [3.63, 3.8) is 0 Å². The Hall–Kier alpha value is -3.74. The summed E-state index contributed by atoms with van der Waals surface area (Å²) in [6.07, 6.45) is 8.42. The Morgan fingerprint density at radius 3 is 2.72 bits per heavy atom. The summed E-state index contributed by atoms with van der Waals surface area (Å²) in [5.74, 6) is 0. The molecule has 4 heterocycles. The molecule has 0 aliphatic heterocycles. The number of nitrogens with zero attached hydrogens (tertiary/aromatic N) is 5. The lowest BCUT2D eigenvalue weighted by Crippen LogP contribution is -2.21. The molecule has 0 aliphatic carbocycles. The van der Waals surface area contributed by atoms with E-state index in [4.69, 9.17) is 5.10 Å². The summed E-state index contributed by atoms with van der Waals surface area (Å²) in [5, 5.41) is 5.35. The molecule has 0 radical (unpaired) electrons. The molecule has 1 aromatic carbocycles. The van der Waals surface area contributed by atoms with Crippen molar-refractivity contribution in [2.24, 2.45) is 0 Å². The molecular formula is C22H20N6O. The quantitative estimate of drug-likeness (QED) is 0.504. The molecule has 0 spiro atoms. The zero-order chi connectivity index (χ0) is 19.8. The van der Waals surface area contributed by atoms with Crippen LogP contribution in [0.1, 0.15) is 18.3 Å². The Bertz CT molecular complexity index is 1350. The summed E-state index contributed by atoms with van der Waals surface area (Å²) >= 11 is 0. The summed E-state index contributed by atoms with van der Waals surface area (Å²) < 4.78 is 3.51. The van der Waals surface area contributed by atoms with Crippen LogP contribution in [0.3, 0.4) is 0 Å². The number of benzene rings is 1. The highest BCUT2D eigenvalue weighted by molar-refractivity contribution is 5.86. The normalized spacial score (nSPS) is 11.5. The second-order valence-corrected chi connectivity index (χ2v) is 6.97. The van der Waals surface area contributed by atoms with Gasteiger partial charge >= 0.3 is 0 Å². The van der Waals surface area contributed by atoms with Gasteiger partial charge in [0.1, 0.15) is 0 Å². The standard InChI is InChI=1S/C22H20N6O/c1-2-18-20(15-6-4-3-5-7-15)21-24-13-17-19(28(21)26-18)9-11-27(22(17)29)10-8-16-12-23-14-25-16/h3-7,9,11-14H,2,8,10H2,1H3,(H,23,25). The van der Waals surface area contributed by atoms with Crippen LogP contribution in [-0.4, -0.2) is 29.1 Å². The average Bonchev–Trinajstić information content (AvgIpc) is 3.41. The van der Waals surface area contributed by atoms with E-state index in [-0.39, 0.29) is 5.56 Å². The minimum Gasteiger partial charge on any atom is -0.348 e. The van der Waals surface area contributed by atoms with E-state index in [1.54, 1.807) is 27.8 Å². The Morgan fingerprint density at radius 1 is 1.10 bits per heavy atom. The summed E-state index contributed by atoms with van der Waals surface area (Å²) in [6.45, 7) is 2.66. The predicted molar refractivity (Wildman–Crippen MR) is 112 cm³/mol. The minimum absolute atomic E-state index is 0.0637. The van der Waals surface area contributed by atoms with Crippen molar-refractivity contribution in [3.8, 4) is 11.1 Å². The number of nitrogens with one attached hydrogen (secondary N) is 1. The van der Waals surface area contributed by atoms with Gasteiger partial charge in [-0.05, 0) is 18.1 Å². The van der Waals surface area contributed by atoms with Crippen LogP contribution in [0, 0.1) is 0 Å². The highest BCUT2D eigenvalue weighted by Gasteiger charge is 2.17. The van der Waals surface area contributed by atoms with Gasteiger partial charge in [-0.25, -0.2) is 14.5 Å². The molecule has 144 valence electrons. The maximum absolute atomic E-state index is 13.0. The predicted octanol–water partition coefficient (Wildman–Crippen LogP) is 3.24. The molecule has 0 bridgehead atoms. The van der Waals surface area contributed by atoms with Gasteiger partial charge < -0.3 is 9.55 Å². The molecule has 7 nitrogen and oxygen atoms in total. The third-order valence-corrected chi connectivity index (χ3v) is 5.23. The fraction of sp³-hybridized carbons (Fsp3) is 0.182. The third kappa shape index (κ3) is 2.91. The van der Waals surface area contributed by atoms with Gasteiger partial charge in [0.05, 0.1) is 22.9 Å². The molecule has 0 atom stereocenters. The molecule has 4 aromatic heterocycles. The van der Waals surface area contributed by atoms with Gasteiger partial charge in [-0.3, -0.25) is 4.79 Å². The molecule has 0 fully saturated rings. The van der Waals surface area contributed by atoms with E-state index >= 15 is 0 Å². The highest BCUT2D eigenvalue weighted by atomic mass is 16.1. The second kappa shape index (κ2) is 7.01. The van der Waals surface area contributed by atoms with E-state index in [0.717, 1.165) is 40.1 Å². The van der Waals surface area contributed by atoms with E-state index in [1.807, 2.05) is 30.5 Å². The van der Waals surface area contributed by atoms with Crippen molar-refractivity contribution >= 4 is 16.6 Å². The molecule has 0 saturated carbocycles. The number of hydrogen-bond acceptors (Lipinski definition) is 4. The lowest BCUT2D eigenvalue weighted by Gasteiger charge is -2.07. The Balaban J connectivity index is 1.65. The van der Waals surface area contributed by atoms with Crippen LogP contribution in [-0.2, 0) is 19.4 Å². The van der Waals surface area contributed by atoms with Crippen LogP contribution in [0.4, 0.5) is 0 Å². The Labute approximate surface area is 166 Å². The number of fused-ring (bicyclic) bond motifs is 3. The first-order chi connectivity index (χ1) is 14.3. The third-order valence-electron chi connectivity index (χ3n) is 5.23. The molecule has 0 aliphatic rings. The first-order valence-corrected chi connectivity index (χ1v) is 9.68. The SMILES string of the molecule is CCc1nn2c(ncc3c(=O)n(CCc4cnc[nH]4)ccc32)c1-c1ccccc1. The van der Waals surface area contributed by atoms with E-state index in [0.29, 0.717) is 18.4 Å². The number of hydrogen-bond donors (Lipinski definition) is 1. The van der Waals surface area contributed by atoms with Gasteiger partial charge in [-0.1, -0.05) is 37.3 Å². The summed E-state index contributed by atoms with van der Waals surface area (Å²) in [6, 6.07) is 12.1. The number of aryl methyl sites for hydroxylation is 3. The van der Waals surface area contributed by atoms with Crippen molar-refractivity contribution in [2.45, 2.75) is 26.3 Å². The Morgan fingerprint density at radius 2 is 1.97 bits per heavy atom. The van der Waals surface area contributed by atoms with E-state index in [1.165, 1.54) is 0 Å². The molecule has 5 rings (SSSR count). The molecule has 0 amide bonds. The van der Waals surface area contributed by atoms with Crippen LogP contribution >= 0.6 is 0 Å². The summed E-state index contributed by atoms with van der Waals surface area (Å²) in [4.78, 5) is 24.7. The molecule has 7 heteroatoms. The number of imidazole rings is 1. The number of pyridine rings is 1. The van der Waals surface area contributed by atoms with Crippen LogP contribution in [0.15, 0.2) is 66.1 Å². The lowest BCUT2D eigenvalue weighted by atomic mass is 10.0. The second-order valence-electron chi connectivity index (χ2n) is 6.97. The van der Waals surface area contributed by atoms with Gasteiger partial charge in [0.25, 0.3) is 5.56 Å². The number of H-pyrrole nitrogens is 1. The largest absolute Gasteiger partial charge is 0.348 e.